The Morgan fingerprint density at radius 1 is 1.21 bits per heavy atom. The van der Waals surface area contributed by atoms with E-state index in [1.54, 1.807) is 24.3 Å². The fraction of sp³-hybridized carbons (Fsp3) is 0.105. The van der Waals surface area contributed by atoms with Crippen LogP contribution >= 0.6 is 0 Å². The van der Waals surface area contributed by atoms with Gasteiger partial charge < -0.3 is 10.1 Å². The maximum absolute atomic E-state index is 14.3. The van der Waals surface area contributed by atoms with E-state index in [1.807, 2.05) is 0 Å². The summed E-state index contributed by atoms with van der Waals surface area (Å²) < 4.78 is 44.6. The van der Waals surface area contributed by atoms with Crippen molar-refractivity contribution < 1.29 is 17.7 Å². The molecule has 0 aliphatic rings. The van der Waals surface area contributed by atoms with Crippen LogP contribution in [0.3, 0.4) is 0 Å². The summed E-state index contributed by atoms with van der Waals surface area (Å²) in [5, 5.41) is 9.97. The first-order valence-corrected chi connectivity index (χ1v) is 10.2. The van der Waals surface area contributed by atoms with Crippen molar-refractivity contribution >= 4 is 26.7 Å². The number of hydrogen-bond donors (Lipinski definition) is 2. The number of nitrogens with zero attached hydrogens (tertiary/aromatic N) is 2. The Labute approximate surface area is 161 Å². The molecule has 1 unspecified atom stereocenters. The maximum Gasteiger partial charge on any atom is 0.227 e. The van der Waals surface area contributed by atoms with Crippen LogP contribution < -0.4 is 15.2 Å². The molecular formula is C19H18F2N4O2S. The Morgan fingerprint density at radius 3 is 2.71 bits per heavy atom. The summed E-state index contributed by atoms with van der Waals surface area (Å²) in [6.07, 6.45) is 2.45. The Hall–Kier alpha value is -3.04. The largest absolute Gasteiger partial charge is 0.496 e. The van der Waals surface area contributed by atoms with Crippen LogP contribution in [0.2, 0.25) is 0 Å². The monoisotopic (exact) mass is 404 g/mol. The van der Waals surface area contributed by atoms with Gasteiger partial charge in [-0.15, -0.1) is 0 Å². The van der Waals surface area contributed by atoms with Crippen LogP contribution in [0.15, 0.2) is 48.7 Å². The van der Waals surface area contributed by atoms with Crippen molar-refractivity contribution in [3.63, 3.8) is 0 Å². The number of rotatable bonds is 5. The van der Waals surface area contributed by atoms with Crippen molar-refractivity contribution in [2.24, 2.45) is 5.14 Å². The van der Waals surface area contributed by atoms with Crippen LogP contribution in [-0.2, 0) is 9.71 Å². The maximum atomic E-state index is 14.3. The van der Waals surface area contributed by atoms with Gasteiger partial charge in [0.1, 0.15) is 17.3 Å². The molecule has 3 aromatic rings. The lowest BCUT2D eigenvalue weighted by Crippen LogP contribution is -2.13. The molecule has 0 spiro atoms. The molecule has 28 heavy (non-hydrogen) atoms. The molecule has 146 valence electrons. The number of aromatic nitrogens is 2. The zero-order valence-corrected chi connectivity index (χ0v) is 16.0. The highest BCUT2D eigenvalue weighted by Crippen LogP contribution is 2.31. The van der Waals surface area contributed by atoms with E-state index >= 15 is 0 Å². The average Bonchev–Trinajstić information content (AvgIpc) is 2.62. The number of anilines is 2. The molecule has 6 nitrogen and oxygen atoms in total. The molecule has 0 saturated heterocycles. The van der Waals surface area contributed by atoms with E-state index in [4.69, 9.17) is 9.88 Å². The fourth-order valence-corrected chi connectivity index (χ4v) is 3.25. The topological polar surface area (TPSA) is 90.1 Å². The minimum Gasteiger partial charge on any atom is -0.496 e. The van der Waals surface area contributed by atoms with Crippen molar-refractivity contribution in [2.75, 3.05) is 18.7 Å². The number of halogens is 2. The molecule has 0 aliphatic heterocycles. The van der Waals surface area contributed by atoms with Gasteiger partial charge in [0.25, 0.3) is 0 Å². The normalized spacial score (nSPS) is 12.9. The van der Waals surface area contributed by atoms with E-state index in [1.165, 1.54) is 30.9 Å². The fourth-order valence-electron chi connectivity index (χ4n) is 2.57. The molecule has 3 rings (SSSR count). The van der Waals surface area contributed by atoms with Gasteiger partial charge in [0.15, 0.2) is 5.82 Å². The van der Waals surface area contributed by atoms with Crippen LogP contribution in [-0.4, -0.2) is 32.9 Å². The second kappa shape index (κ2) is 7.91. The molecule has 0 fully saturated rings. The number of nitrogens with one attached hydrogen (secondary N) is 1. The van der Waals surface area contributed by atoms with Crippen LogP contribution in [0.25, 0.3) is 11.3 Å². The Kier molecular flexibility index (Phi) is 5.57. The van der Waals surface area contributed by atoms with E-state index in [9.17, 15) is 13.0 Å². The summed E-state index contributed by atoms with van der Waals surface area (Å²) in [4.78, 5) is 8.12. The molecule has 1 atom stereocenters. The molecule has 0 radical (unpaired) electrons. The summed E-state index contributed by atoms with van der Waals surface area (Å²) in [6.45, 7) is 0. The average molecular weight is 404 g/mol. The van der Waals surface area contributed by atoms with E-state index in [0.717, 1.165) is 12.3 Å². The number of nitrogens with two attached hydrogens (primary N) is 1. The molecule has 0 saturated carbocycles. The highest BCUT2D eigenvalue weighted by Gasteiger charge is 2.15. The van der Waals surface area contributed by atoms with Crippen molar-refractivity contribution in [2.45, 2.75) is 0 Å². The first kappa shape index (κ1) is 19.7. The number of benzene rings is 2. The van der Waals surface area contributed by atoms with Gasteiger partial charge in [-0.05, 0) is 29.8 Å². The zero-order valence-electron chi connectivity index (χ0n) is 15.1. The second-order valence-electron chi connectivity index (χ2n) is 6.07. The second-order valence-corrected chi connectivity index (χ2v) is 8.24. The molecule has 3 N–H and O–H groups in total. The lowest BCUT2D eigenvalue weighted by Gasteiger charge is -2.11. The van der Waals surface area contributed by atoms with Crippen molar-refractivity contribution in [1.29, 1.82) is 0 Å². The minimum absolute atomic E-state index is 0.0318. The summed E-state index contributed by atoms with van der Waals surface area (Å²) in [5.41, 5.74) is 1.52. The smallest absolute Gasteiger partial charge is 0.227 e. The van der Waals surface area contributed by atoms with Gasteiger partial charge in [-0.3, -0.25) is 9.35 Å². The van der Waals surface area contributed by atoms with E-state index in [-0.39, 0.29) is 17.4 Å². The molecule has 0 aliphatic carbocycles. The third-order valence-electron chi connectivity index (χ3n) is 3.68. The zero-order chi connectivity index (χ0) is 20.3. The van der Waals surface area contributed by atoms with Gasteiger partial charge in [-0.1, -0.05) is 12.1 Å². The van der Waals surface area contributed by atoms with Gasteiger partial charge >= 0.3 is 0 Å². The predicted octanol–water partition coefficient (Wildman–Crippen LogP) is 3.11. The van der Waals surface area contributed by atoms with Crippen LogP contribution in [0.1, 0.15) is 5.56 Å². The Morgan fingerprint density at radius 2 is 2.00 bits per heavy atom. The third kappa shape index (κ3) is 4.81. The summed E-state index contributed by atoms with van der Waals surface area (Å²) >= 11 is 0. The molecule has 0 bridgehead atoms. The Bertz CT molecular complexity index is 1140. The van der Waals surface area contributed by atoms with Crippen molar-refractivity contribution in [1.82, 2.24) is 9.97 Å². The van der Waals surface area contributed by atoms with Gasteiger partial charge in [-0.25, -0.2) is 18.7 Å². The van der Waals surface area contributed by atoms with Gasteiger partial charge in [0.2, 0.25) is 5.95 Å². The molecule has 1 aromatic heterocycles. The molecule has 1 heterocycles. The number of methoxy groups -OCH3 is 1. The third-order valence-corrected chi connectivity index (χ3v) is 4.42. The predicted molar refractivity (Wildman–Crippen MR) is 107 cm³/mol. The van der Waals surface area contributed by atoms with Crippen molar-refractivity contribution in [3.8, 4) is 17.0 Å². The number of hydrogen-bond acceptors (Lipinski definition) is 5. The summed E-state index contributed by atoms with van der Waals surface area (Å²) in [6, 6.07) is 10.7. The molecule has 0 amide bonds. The first-order valence-electron chi connectivity index (χ1n) is 8.10. The van der Waals surface area contributed by atoms with Crippen LogP contribution in [0.4, 0.5) is 20.4 Å². The van der Waals surface area contributed by atoms with Crippen molar-refractivity contribution in [3.05, 3.63) is 65.9 Å². The minimum atomic E-state index is -2.55. The Balaban J connectivity index is 1.97. The number of ether oxygens (including phenoxy) is 1. The first-order chi connectivity index (χ1) is 13.2. The quantitative estimate of drug-likeness (QED) is 0.638. The SMILES string of the molecule is COc1cc(F)ccc1-c1nc(Nc2cccc(C=S(C)(N)=O)c2)ncc1F. The highest BCUT2D eigenvalue weighted by molar-refractivity contribution is 7.98. The van der Waals surface area contributed by atoms with Crippen LogP contribution in [0.5, 0.6) is 5.75 Å². The van der Waals surface area contributed by atoms with Gasteiger partial charge in [0, 0.05) is 38.6 Å². The highest BCUT2D eigenvalue weighted by atomic mass is 32.2. The van der Waals surface area contributed by atoms with Gasteiger partial charge in [-0.2, -0.15) is 0 Å². The summed E-state index contributed by atoms with van der Waals surface area (Å²) in [5.74, 6) is -0.897. The van der Waals surface area contributed by atoms with E-state index in [0.29, 0.717) is 16.8 Å². The van der Waals surface area contributed by atoms with Crippen LogP contribution in [0, 0.1) is 11.6 Å². The summed E-state index contributed by atoms with van der Waals surface area (Å²) in [7, 11) is -1.19. The lowest BCUT2D eigenvalue weighted by molar-refractivity contribution is 0.412. The molecular weight excluding hydrogens is 386 g/mol. The molecule has 2 aromatic carbocycles. The standard InChI is InChI=1S/C19H18F2N4O2S/c1-27-17-9-13(20)6-7-15(17)18-16(21)10-23-19(25-18)24-14-5-3-4-12(8-14)11-28(2,22)26/h3-11H,1-2H3,(H2,22,26)(H,23,24,25). The van der Waals surface area contributed by atoms with E-state index < -0.39 is 21.3 Å². The van der Waals surface area contributed by atoms with Gasteiger partial charge in [0.05, 0.1) is 13.3 Å². The lowest BCUT2D eigenvalue weighted by atomic mass is 10.1. The molecule has 9 heteroatoms. The van der Waals surface area contributed by atoms with E-state index in [2.05, 4.69) is 15.3 Å².